The number of imidazole rings is 1. The third kappa shape index (κ3) is 21.7. The van der Waals surface area contributed by atoms with E-state index in [0.29, 0.717) is 38.6 Å². The molecule has 1 aromatic heterocycles. The van der Waals surface area contributed by atoms with Crippen molar-refractivity contribution >= 4 is 23.4 Å². The van der Waals surface area contributed by atoms with Crippen molar-refractivity contribution in [3.63, 3.8) is 0 Å². The Labute approximate surface area is 258 Å². The molecule has 2 atom stereocenters. The lowest BCUT2D eigenvalue weighted by atomic mass is 9.90. The van der Waals surface area contributed by atoms with Crippen LogP contribution in [0.2, 0.25) is 0 Å². The molecule has 0 aliphatic carbocycles. The molecule has 0 bridgehead atoms. The van der Waals surface area contributed by atoms with Gasteiger partial charge in [0.2, 0.25) is 5.91 Å². The van der Waals surface area contributed by atoms with E-state index in [9.17, 15) is 19.2 Å². The van der Waals surface area contributed by atoms with Crippen molar-refractivity contribution in [1.29, 1.82) is 0 Å². The van der Waals surface area contributed by atoms with E-state index in [1.54, 1.807) is 12.5 Å². The summed E-state index contributed by atoms with van der Waals surface area (Å²) in [4.78, 5) is 54.2. The van der Waals surface area contributed by atoms with Gasteiger partial charge in [0.25, 0.3) is 0 Å². The van der Waals surface area contributed by atoms with Gasteiger partial charge in [-0.25, -0.2) is 4.98 Å². The quantitative estimate of drug-likeness (QED) is 0.0724. The zero-order valence-corrected chi connectivity index (χ0v) is 26.5. The molecular formula is C33H59N5O5. The third-order valence-electron chi connectivity index (χ3n) is 8.15. The predicted molar refractivity (Wildman–Crippen MR) is 170 cm³/mol. The van der Waals surface area contributed by atoms with Crippen LogP contribution in [-0.4, -0.2) is 57.6 Å². The van der Waals surface area contributed by atoms with Gasteiger partial charge in [0.15, 0.2) is 0 Å². The maximum atomic E-state index is 12.4. The molecule has 1 heterocycles. The fraction of sp³-hybridized carbons (Fsp3) is 0.788. The van der Waals surface area contributed by atoms with Crippen LogP contribution < -0.4 is 16.8 Å². The Morgan fingerprint density at radius 1 is 0.744 bits per heavy atom. The topological polar surface area (TPSA) is 181 Å². The highest BCUT2D eigenvalue weighted by Gasteiger charge is 2.21. The van der Waals surface area contributed by atoms with Crippen molar-refractivity contribution in [2.24, 2.45) is 17.4 Å². The number of amides is 1. The number of nitrogens with zero attached hydrogens (tertiary/aromatic N) is 1. The van der Waals surface area contributed by atoms with Crippen LogP contribution in [0.4, 0.5) is 0 Å². The van der Waals surface area contributed by atoms with E-state index in [1.807, 2.05) is 0 Å². The number of carboxylic acids is 1. The largest absolute Gasteiger partial charge is 0.481 e. The van der Waals surface area contributed by atoms with E-state index in [1.165, 1.54) is 57.8 Å². The average molecular weight is 606 g/mol. The average Bonchev–Trinajstić information content (AvgIpc) is 3.50. The van der Waals surface area contributed by atoms with Crippen LogP contribution in [0, 0.1) is 5.92 Å². The second-order valence-corrected chi connectivity index (χ2v) is 11.9. The Hall–Kier alpha value is -2.59. The smallest absolute Gasteiger partial charge is 0.303 e. The summed E-state index contributed by atoms with van der Waals surface area (Å²) in [5, 5.41) is 11.6. The summed E-state index contributed by atoms with van der Waals surface area (Å²) in [6.07, 6.45) is 23.7. The van der Waals surface area contributed by atoms with Crippen molar-refractivity contribution in [3.05, 3.63) is 18.2 Å². The predicted octanol–water partition coefficient (Wildman–Crippen LogP) is 5.39. The van der Waals surface area contributed by atoms with Gasteiger partial charge in [0, 0.05) is 50.0 Å². The number of H-pyrrole nitrogens is 1. The molecule has 10 heteroatoms. The van der Waals surface area contributed by atoms with Crippen LogP contribution in [0.5, 0.6) is 0 Å². The fourth-order valence-electron chi connectivity index (χ4n) is 5.40. The normalized spacial score (nSPS) is 12.6. The lowest BCUT2D eigenvalue weighted by molar-refractivity contribution is -0.137. The minimum absolute atomic E-state index is 0.0303. The molecule has 0 aliphatic heterocycles. The van der Waals surface area contributed by atoms with Crippen molar-refractivity contribution in [2.75, 3.05) is 13.1 Å². The summed E-state index contributed by atoms with van der Waals surface area (Å²) in [6, 6.07) is -0.619. The van der Waals surface area contributed by atoms with Crippen LogP contribution >= 0.6 is 0 Å². The summed E-state index contributed by atoms with van der Waals surface area (Å²) < 4.78 is 0. The Balaban J connectivity index is 1.96. The Morgan fingerprint density at radius 2 is 1.30 bits per heavy atom. The molecule has 43 heavy (non-hydrogen) atoms. The molecule has 0 saturated carbocycles. The lowest BCUT2D eigenvalue weighted by Crippen LogP contribution is -2.33. The number of hydrogen-bond donors (Lipinski definition) is 5. The fourth-order valence-corrected chi connectivity index (χ4v) is 5.40. The maximum absolute atomic E-state index is 12.4. The first kappa shape index (κ1) is 38.4. The number of nitrogens with one attached hydrogen (secondary N) is 2. The molecule has 0 aliphatic rings. The highest BCUT2D eigenvalue weighted by Crippen LogP contribution is 2.18. The van der Waals surface area contributed by atoms with E-state index in [-0.39, 0.29) is 36.4 Å². The van der Waals surface area contributed by atoms with Gasteiger partial charge < -0.3 is 26.9 Å². The standard InChI is InChI=1S/C33H59N5O5/c34-24-31(40)27(20-21-30(39)29(35)23-28-25-36-26-38-28)17-15-16-22-37-32(41)18-13-11-9-7-5-3-1-2-4-6-8-10-12-14-19-33(42)43/h25-27,29H,1-24,34-35H2,(H,36,38)(H,37,41)(H,42,43)/t27-,29-/m0/s1. The molecule has 0 fully saturated rings. The number of nitrogens with two attached hydrogens (primary N) is 2. The van der Waals surface area contributed by atoms with Gasteiger partial charge in [-0.1, -0.05) is 83.5 Å². The van der Waals surface area contributed by atoms with Crippen LogP contribution in [-0.2, 0) is 25.6 Å². The molecule has 0 spiro atoms. The maximum Gasteiger partial charge on any atom is 0.303 e. The van der Waals surface area contributed by atoms with Crippen LogP contribution in [0.15, 0.2) is 12.5 Å². The second-order valence-electron chi connectivity index (χ2n) is 11.9. The number of ketones is 2. The number of carboxylic acid groups (broad SMARTS) is 1. The van der Waals surface area contributed by atoms with Gasteiger partial charge in [-0.15, -0.1) is 0 Å². The first-order valence-corrected chi connectivity index (χ1v) is 16.8. The number of carbonyl (C=O) groups is 4. The van der Waals surface area contributed by atoms with Crippen LogP contribution in [0.25, 0.3) is 0 Å². The first-order chi connectivity index (χ1) is 20.8. The van der Waals surface area contributed by atoms with Gasteiger partial charge in [0.05, 0.1) is 18.9 Å². The van der Waals surface area contributed by atoms with Gasteiger partial charge >= 0.3 is 5.97 Å². The number of Topliss-reactive ketones (excluding diaryl/α,β-unsaturated/α-hetero) is 2. The number of unbranched alkanes of at least 4 members (excludes halogenated alkanes) is 14. The SMILES string of the molecule is NCC(=O)[C@@H](CCCCNC(=O)CCCCCCCCCCCCCCCCC(=O)O)CCC(=O)[C@@H](N)Cc1cnc[nH]1. The minimum atomic E-state index is -0.689. The van der Waals surface area contributed by atoms with E-state index >= 15 is 0 Å². The molecular weight excluding hydrogens is 546 g/mol. The number of carbonyl (C=O) groups excluding carboxylic acids is 3. The molecule has 0 radical (unpaired) electrons. The first-order valence-electron chi connectivity index (χ1n) is 16.8. The molecule has 246 valence electrons. The summed E-state index contributed by atoms with van der Waals surface area (Å²) >= 11 is 0. The summed E-state index contributed by atoms with van der Waals surface area (Å²) in [6.45, 7) is 0.566. The number of aromatic amines is 1. The molecule has 1 rings (SSSR count). The van der Waals surface area contributed by atoms with Crippen molar-refractivity contribution < 1.29 is 24.3 Å². The molecule has 0 saturated heterocycles. The van der Waals surface area contributed by atoms with Crippen molar-refractivity contribution in [3.8, 4) is 0 Å². The van der Waals surface area contributed by atoms with Crippen LogP contribution in [0.1, 0.15) is 141 Å². The van der Waals surface area contributed by atoms with Crippen molar-refractivity contribution in [1.82, 2.24) is 15.3 Å². The number of aliphatic carboxylic acids is 1. The van der Waals surface area contributed by atoms with Gasteiger partial charge in [0.1, 0.15) is 11.6 Å². The van der Waals surface area contributed by atoms with E-state index in [2.05, 4.69) is 15.3 Å². The highest BCUT2D eigenvalue weighted by molar-refractivity contribution is 5.86. The van der Waals surface area contributed by atoms with Crippen LogP contribution in [0.3, 0.4) is 0 Å². The molecule has 1 aromatic rings. The number of aromatic nitrogens is 2. The van der Waals surface area contributed by atoms with Crippen molar-refractivity contribution in [2.45, 2.75) is 147 Å². The molecule has 10 nitrogen and oxygen atoms in total. The van der Waals surface area contributed by atoms with Gasteiger partial charge in [-0.05, 0) is 32.1 Å². The van der Waals surface area contributed by atoms with E-state index in [4.69, 9.17) is 16.6 Å². The van der Waals surface area contributed by atoms with E-state index < -0.39 is 12.0 Å². The van der Waals surface area contributed by atoms with Gasteiger partial charge in [-0.2, -0.15) is 0 Å². The number of rotatable bonds is 30. The second kappa shape index (κ2) is 25.9. The lowest BCUT2D eigenvalue weighted by Gasteiger charge is -2.16. The number of hydrogen-bond acceptors (Lipinski definition) is 7. The Kier molecular flexibility index (Phi) is 23.1. The summed E-state index contributed by atoms with van der Waals surface area (Å²) in [5.74, 6) is -0.948. The minimum Gasteiger partial charge on any atom is -0.481 e. The van der Waals surface area contributed by atoms with Gasteiger partial charge in [-0.3, -0.25) is 19.2 Å². The highest BCUT2D eigenvalue weighted by atomic mass is 16.4. The third-order valence-corrected chi connectivity index (χ3v) is 8.15. The molecule has 1 amide bonds. The molecule has 0 unspecified atom stereocenters. The zero-order valence-electron chi connectivity index (χ0n) is 26.5. The molecule has 0 aromatic carbocycles. The Bertz CT molecular complexity index is 877. The summed E-state index contributed by atoms with van der Waals surface area (Å²) in [7, 11) is 0. The monoisotopic (exact) mass is 605 g/mol. The molecule has 7 N–H and O–H groups in total. The zero-order chi connectivity index (χ0) is 31.5. The summed E-state index contributed by atoms with van der Waals surface area (Å²) in [5.41, 5.74) is 12.4. The Morgan fingerprint density at radius 3 is 1.81 bits per heavy atom. The van der Waals surface area contributed by atoms with E-state index in [0.717, 1.165) is 50.6 Å².